The first-order valence-corrected chi connectivity index (χ1v) is 8.35. The van der Waals surface area contributed by atoms with Crippen LogP contribution in [0.15, 0.2) is 54.6 Å². The van der Waals surface area contributed by atoms with Gasteiger partial charge in [-0.3, -0.25) is 9.67 Å². The highest BCUT2D eigenvalue weighted by atomic mass is 35.5. The number of hydrogen-bond acceptors (Lipinski definition) is 4. The summed E-state index contributed by atoms with van der Waals surface area (Å²) in [6.07, 6.45) is 0. The number of rotatable bonds is 3. The van der Waals surface area contributed by atoms with Crippen LogP contribution in [0.3, 0.4) is 0 Å². The van der Waals surface area contributed by atoms with Crippen molar-refractivity contribution in [2.45, 2.75) is 6.92 Å². The van der Waals surface area contributed by atoms with Crippen LogP contribution in [0.2, 0.25) is 5.02 Å². The summed E-state index contributed by atoms with van der Waals surface area (Å²) in [6, 6.07) is 17.2. The molecule has 124 valence electrons. The highest BCUT2D eigenvalue weighted by molar-refractivity contribution is 7.71. The molecule has 0 aliphatic heterocycles. The van der Waals surface area contributed by atoms with E-state index in [1.807, 2.05) is 66.1 Å². The molecular formula is C17H13ClN6S. The lowest BCUT2D eigenvalue weighted by atomic mass is 10.2. The molecule has 0 saturated heterocycles. The molecule has 0 saturated carbocycles. The number of nitrogens with one attached hydrogen (secondary N) is 1. The van der Waals surface area contributed by atoms with E-state index >= 15 is 0 Å². The van der Waals surface area contributed by atoms with Crippen molar-refractivity contribution in [3.8, 4) is 22.9 Å². The van der Waals surface area contributed by atoms with Crippen LogP contribution in [-0.4, -0.2) is 29.8 Å². The number of H-pyrrole nitrogens is 1. The minimum absolute atomic E-state index is 0.478. The molecule has 1 N–H and O–H groups in total. The van der Waals surface area contributed by atoms with Crippen LogP contribution in [-0.2, 0) is 0 Å². The summed E-state index contributed by atoms with van der Waals surface area (Å²) in [5, 5.41) is 16.4. The van der Waals surface area contributed by atoms with Gasteiger partial charge < -0.3 is 0 Å². The summed E-state index contributed by atoms with van der Waals surface area (Å²) < 4.78 is 4.07. The van der Waals surface area contributed by atoms with E-state index in [1.54, 1.807) is 4.68 Å². The molecule has 0 bridgehead atoms. The van der Waals surface area contributed by atoms with E-state index in [-0.39, 0.29) is 0 Å². The van der Waals surface area contributed by atoms with Gasteiger partial charge in [-0.2, -0.15) is 5.10 Å². The monoisotopic (exact) mass is 368 g/mol. The van der Waals surface area contributed by atoms with E-state index in [0.717, 1.165) is 17.1 Å². The predicted octanol–water partition coefficient (Wildman–Crippen LogP) is 4.14. The first kappa shape index (κ1) is 15.7. The van der Waals surface area contributed by atoms with Crippen LogP contribution in [0.1, 0.15) is 5.69 Å². The van der Waals surface area contributed by atoms with Gasteiger partial charge in [0.1, 0.15) is 0 Å². The van der Waals surface area contributed by atoms with Crippen LogP contribution in [0, 0.1) is 11.7 Å². The molecule has 2 heterocycles. The van der Waals surface area contributed by atoms with E-state index in [4.69, 9.17) is 23.8 Å². The SMILES string of the molecule is Cc1c(-c2n[nH]c(=S)n2-c2ccc(Cl)cc2)nnn1-c1ccccc1. The Hall–Kier alpha value is -2.77. The third-order valence-corrected chi connectivity index (χ3v) is 4.39. The van der Waals surface area contributed by atoms with Crippen LogP contribution in [0.5, 0.6) is 0 Å². The lowest BCUT2D eigenvalue weighted by molar-refractivity contribution is 0.785. The van der Waals surface area contributed by atoms with E-state index in [0.29, 0.717) is 21.3 Å². The van der Waals surface area contributed by atoms with Gasteiger partial charge >= 0.3 is 0 Å². The molecule has 0 unspecified atom stereocenters. The molecule has 4 aromatic rings. The van der Waals surface area contributed by atoms with Gasteiger partial charge in [0.15, 0.2) is 16.3 Å². The van der Waals surface area contributed by atoms with Gasteiger partial charge in [-0.1, -0.05) is 35.0 Å². The van der Waals surface area contributed by atoms with E-state index in [9.17, 15) is 0 Å². The molecule has 0 fully saturated rings. The van der Waals surface area contributed by atoms with E-state index in [1.165, 1.54) is 0 Å². The van der Waals surface area contributed by atoms with Crippen molar-refractivity contribution in [2.75, 3.05) is 0 Å². The summed E-state index contributed by atoms with van der Waals surface area (Å²) in [4.78, 5) is 0. The Morgan fingerprint density at radius 2 is 1.72 bits per heavy atom. The number of halogens is 1. The van der Waals surface area contributed by atoms with Crippen LogP contribution in [0.4, 0.5) is 0 Å². The van der Waals surface area contributed by atoms with Crippen molar-refractivity contribution in [2.24, 2.45) is 0 Å². The standard InChI is InChI=1S/C17H13ClN6S/c1-11-15(19-22-24(11)14-5-3-2-4-6-14)16-20-21-17(25)23(16)13-9-7-12(18)8-10-13/h2-10H,1H3,(H,21,25). The summed E-state index contributed by atoms with van der Waals surface area (Å²) in [6.45, 7) is 1.95. The van der Waals surface area contributed by atoms with E-state index in [2.05, 4.69) is 20.5 Å². The van der Waals surface area contributed by atoms with Crippen molar-refractivity contribution in [3.05, 3.63) is 70.1 Å². The number of benzene rings is 2. The van der Waals surface area contributed by atoms with Gasteiger partial charge in [0.25, 0.3) is 0 Å². The Labute approximate surface area is 153 Å². The van der Waals surface area contributed by atoms with Gasteiger partial charge in [-0.05, 0) is 55.5 Å². The molecule has 2 aromatic carbocycles. The van der Waals surface area contributed by atoms with Crippen molar-refractivity contribution in [3.63, 3.8) is 0 Å². The predicted molar refractivity (Wildman–Crippen MR) is 98.8 cm³/mol. The molecule has 0 atom stereocenters. The highest BCUT2D eigenvalue weighted by Gasteiger charge is 2.19. The van der Waals surface area contributed by atoms with Gasteiger partial charge in [-0.25, -0.2) is 4.68 Å². The Morgan fingerprint density at radius 3 is 2.44 bits per heavy atom. The minimum atomic E-state index is 0.478. The molecule has 6 nitrogen and oxygen atoms in total. The lowest BCUT2D eigenvalue weighted by Gasteiger charge is -2.06. The molecule has 0 aliphatic rings. The summed E-state index contributed by atoms with van der Waals surface area (Å²) in [5.74, 6) is 0.604. The molecule has 25 heavy (non-hydrogen) atoms. The minimum Gasteiger partial charge on any atom is -0.267 e. The van der Waals surface area contributed by atoms with Crippen molar-refractivity contribution in [1.29, 1.82) is 0 Å². The maximum Gasteiger partial charge on any atom is 0.200 e. The van der Waals surface area contributed by atoms with E-state index < -0.39 is 0 Å². The molecule has 4 rings (SSSR count). The molecule has 0 amide bonds. The number of hydrogen-bond donors (Lipinski definition) is 1. The summed E-state index contributed by atoms with van der Waals surface area (Å²) in [5.41, 5.74) is 3.32. The molecule has 2 aromatic heterocycles. The molecular weight excluding hydrogens is 356 g/mol. The number of nitrogens with zero attached hydrogens (tertiary/aromatic N) is 5. The fourth-order valence-electron chi connectivity index (χ4n) is 2.64. The highest BCUT2D eigenvalue weighted by Crippen LogP contribution is 2.24. The maximum atomic E-state index is 5.98. The first-order chi connectivity index (χ1) is 12.1. The Kier molecular flexibility index (Phi) is 3.95. The average Bonchev–Trinajstić information content (AvgIpc) is 3.19. The Morgan fingerprint density at radius 1 is 1.00 bits per heavy atom. The normalized spacial score (nSPS) is 11.0. The second-order valence-corrected chi connectivity index (χ2v) is 6.26. The molecule has 0 aliphatic carbocycles. The zero-order chi connectivity index (χ0) is 17.4. The first-order valence-electron chi connectivity index (χ1n) is 7.56. The number of aromatic nitrogens is 6. The molecule has 0 radical (unpaired) electrons. The van der Waals surface area contributed by atoms with Crippen molar-refractivity contribution < 1.29 is 0 Å². The van der Waals surface area contributed by atoms with Gasteiger partial charge in [0.2, 0.25) is 0 Å². The van der Waals surface area contributed by atoms with Gasteiger partial charge in [0.05, 0.1) is 17.1 Å². The lowest BCUT2D eigenvalue weighted by Crippen LogP contribution is -2.01. The van der Waals surface area contributed by atoms with Crippen molar-refractivity contribution in [1.82, 2.24) is 29.8 Å². The number of aromatic amines is 1. The molecule has 0 spiro atoms. The van der Waals surface area contributed by atoms with Crippen LogP contribution >= 0.6 is 23.8 Å². The third kappa shape index (κ3) is 2.77. The Bertz CT molecular complexity index is 1080. The Balaban J connectivity index is 1.86. The van der Waals surface area contributed by atoms with Crippen LogP contribution < -0.4 is 0 Å². The zero-order valence-electron chi connectivity index (χ0n) is 13.2. The number of para-hydroxylation sites is 1. The quantitative estimate of drug-likeness (QED) is 0.552. The summed E-state index contributed by atoms with van der Waals surface area (Å²) >= 11 is 11.4. The smallest absolute Gasteiger partial charge is 0.200 e. The maximum absolute atomic E-state index is 5.98. The van der Waals surface area contributed by atoms with Crippen LogP contribution in [0.25, 0.3) is 22.9 Å². The topological polar surface area (TPSA) is 64.3 Å². The van der Waals surface area contributed by atoms with Gasteiger partial charge in [-0.15, -0.1) is 5.10 Å². The van der Waals surface area contributed by atoms with Gasteiger partial charge in [0, 0.05) is 5.02 Å². The average molecular weight is 369 g/mol. The largest absolute Gasteiger partial charge is 0.267 e. The summed E-state index contributed by atoms with van der Waals surface area (Å²) in [7, 11) is 0. The second-order valence-electron chi connectivity index (χ2n) is 5.44. The second kappa shape index (κ2) is 6.27. The molecule has 8 heteroatoms. The fraction of sp³-hybridized carbons (Fsp3) is 0.0588. The zero-order valence-corrected chi connectivity index (χ0v) is 14.8. The fourth-order valence-corrected chi connectivity index (χ4v) is 3.00. The van der Waals surface area contributed by atoms with Crippen molar-refractivity contribution >= 4 is 23.8 Å². The third-order valence-electron chi connectivity index (χ3n) is 3.86.